The number of hydrogen-bond donors (Lipinski definition) is 2. The summed E-state index contributed by atoms with van der Waals surface area (Å²) in [6.07, 6.45) is -5.20. The Morgan fingerprint density at radius 1 is 1.17 bits per heavy atom. The molecule has 0 radical (unpaired) electrons. The molecular formula is C23H20F4N4O4. The first-order chi connectivity index (χ1) is 16.3. The maximum atomic E-state index is 13.5. The summed E-state index contributed by atoms with van der Waals surface area (Å²) in [6.45, 7) is -0.743. The number of ketones is 1. The maximum Gasteiger partial charge on any atom is 0.408 e. The van der Waals surface area contributed by atoms with Crippen molar-refractivity contribution in [1.29, 1.82) is 0 Å². The molecule has 1 heterocycles. The predicted molar refractivity (Wildman–Crippen MR) is 114 cm³/mol. The predicted octanol–water partition coefficient (Wildman–Crippen LogP) is 2.72. The van der Waals surface area contributed by atoms with Gasteiger partial charge >= 0.3 is 12.2 Å². The van der Waals surface area contributed by atoms with Crippen molar-refractivity contribution >= 4 is 29.3 Å². The number of Topliss-reactive ketones (excluding diaryl/α,β-unsaturated/α-hetero) is 1. The summed E-state index contributed by atoms with van der Waals surface area (Å²) in [6, 6.07) is 5.51. The molecule has 2 aliphatic rings. The van der Waals surface area contributed by atoms with Crippen molar-refractivity contribution < 1.29 is 36.7 Å². The molecule has 2 aromatic carbocycles. The molecule has 0 bridgehead atoms. The summed E-state index contributed by atoms with van der Waals surface area (Å²) >= 11 is 0. The molecule has 1 aliphatic carbocycles. The van der Waals surface area contributed by atoms with Crippen molar-refractivity contribution in [2.24, 2.45) is 0 Å². The van der Waals surface area contributed by atoms with Crippen LogP contribution in [-0.2, 0) is 21.7 Å². The van der Waals surface area contributed by atoms with Crippen molar-refractivity contribution in [1.82, 2.24) is 15.1 Å². The van der Waals surface area contributed by atoms with Gasteiger partial charge in [-0.3, -0.25) is 19.3 Å². The number of nitrogen functional groups attached to an aromatic ring is 1. The number of nitrogens with one attached hydrogen (secondary N) is 1. The van der Waals surface area contributed by atoms with Gasteiger partial charge in [0.05, 0.1) is 0 Å². The fraction of sp³-hybridized carbons (Fsp3) is 0.304. The number of urea groups is 1. The number of amides is 4. The van der Waals surface area contributed by atoms with Crippen LogP contribution in [0.1, 0.15) is 34.8 Å². The minimum Gasteiger partial charge on any atom is -0.399 e. The minimum atomic E-state index is -4.80. The standard InChI is InChI=1S/C23H20F4N4O4/c1-12(23(25,26)27)30(10-13-2-4-14(24)5-3-13)19(33)11-31-20(34)22(29-21(31)35)9-18(32)16-8-15(28)6-7-17(16)22/h2-8,12H,9-11,28H2,1H3,(H,29,35)/t12-,22?/m0/s1. The number of fused-ring (bicyclic) bond motifs is 2. The fourth-order valence-corrected chi connectivity index (χ4v) is 4.30. The van der Waals surface area contributed by atoms with E-state index in [2.05, 4.69) is 5.32 Å². The van der Waals surface area contributed by atoms with Crippen molar-refractivity contribution in [3.05, 3.63) is 65.0 Å². The van der Waals surface area contributed by atoms with Crippen LogP contribution < -0.4 is 11.1 Å². The van der Waals surface area contributed by atoms with Gasteiger partial charge in [-0.1, -0.05) is 18.2 Å². The van der Waals surface area contributed by atoms with E-state index < -0.39 is 66.7 Å². The van der Waals surface area contributed by atoms with E-state index in [1.54, 1.807) is 0 Å². The lowest BCUT2D eigenvalue weighted by atomic mass is 9.91. The van der Waals surface area contributed by atoms with Crippen LogP contribution in [0.15, 0.2) is 42.5 Å². The lowest BCUT2D eigenvalue weighted by Crippen LogP contribution is -2.51. The van der Waals surface area contributed by atoms with Crippen LogP contribution >= 0.6 is 0 Å². The molecule has 1 aliphatic heterocycles. The van der Waals surface area contributed by atoms with Gasteiger partial charge < -0.3 is 16.0 Å². The van der Waals surface area contributed by atoms with Gasteiger partial charge in [-0.15, -0.1) is 0 Å². The van der Waals surface area contributed by atoms with Gasteiger partial charge in [0.15, 0.2) is 11.3 Å². The number of rotatable bonds is 5. The number of anilines is 1. The van der Waals surface area contributed by atoms with Gasteiger partial charge in [-0.2, -0.15) is 13.2 Å². The molecule has 1 spiro atoms. The minimum absolute atomic E-state index is 0.149. The molecule has 0 saturated carbocycles. The van der Waals surface area contributed by atoms with Crippen LogP contribution in [0, 0.1) is 5.82 Å². The molecule has 2 aromatic rings. The first kappa shape index (κ1) is 24.2. The smallest absolute Gasteiger partial charge is 0.399 e. The lowest BCUT2D eigenvalue weighted by Gasteiger charge is -2.32. The largest absolute Gasteiger partial charge is 0.408 e. The second-order valence-electron chi connectivity index (χ2n) is 8.50. The van der Waals surface area contributed by atoms with E-state index in [0.29, 0.717) is 9.80 Å². The van der Waals surface area contributed by atoms with Gasteiger partial charge in [0.2, 0.25) is 5.91 Å². The number of nitrogens with zero attached hydrogens (tertiary/aromatic N) is 2. The van der Waals surface area contributed by atoms with Crippen LogP contribution in [0.5, 0.6) is 0 Å². The zero-order valence-electron chi connectivity index (χ0n) is 18.4. The molecule has 1 unspecified atom stereocenters. The molecule has 8 nitrogen and oxygen atoms in total. The van der Waals surface area contributed by atoms with Gasteiger partial charge in [0.1, 0.15) is 18.4 Å². The normalized spacial score (nSPS) is 20.3. The third-order valence-corrected chi connectivity index (χ3v) is 6.23. The average Bonchev–Trinajstić information content (AvgIpc) is 3.19. The summed E-state index contributed by atoms with van der Waals surface area (Å²) in [7, 11) is 0. The highest BCUT2D eigenvalue weighted by Crippen LogP contribution is 2.42. The second kappa shape index (κ2) is 8.36. The number of alkyl halides is 3. The Morgan fingerprint density at radius 2 is 1.83 bits per heavy atom. The van der Waals surface area contributed by atoms with E-state index in [-0.39, 0.29) is 22.4 Å². The fourth-order valence-electron chi connectivity index (χ4n) is 4.30. The number of carbonyl (C=O) groups is 4. The molecule has 184 valence electrons. The monoisotopic (exact) mass is 492 g/mol. The van der Waals surface area contributed by atoms with Gasteiger partial charge in [-0.05, 0) is 42.3 Å². The lowest BCUT2D eigenvalue weighted by molar-refractivity contribution is -0.187. The van der Waals surface area contributed by atoms with Crippen molar-refractivity contribution in [2.45, 2.75) is 37.6 Å². The molecule has 0 aromatic heterocycles. The maximum absolute atomic E-state index is 13.5. The zero-order valence-corrected chi connectivity index (χ0v) is 18.4. The Morgan fingerprint density at radius 3 is 2.46 bits per heavy atom. The Balaban J connectivity index is 1.61. The number of benzene rings is 2. The molecule has 1 fully saturated rings. The molecule has 3 N–H and O–H groups in total. The van der Waals surface area contributed by atoms with Crippen molar-refractivity contribution in [3.63, 3.8) is 0 Å². The van der Waals surface area contributed by atoms with Gasteiger partial charge in [0.25, 0.3) is 5.91 Å². The summed E-state index contributed by atoms with van der Waals surface area (Å²) in [5.41, 5.74) is 4.80. The molecule has 2 atom stereocenters. The van der Waals surface area contributed by atoms with Gasteiger partial charge in [-0.25, -0.2) is 9.18 Å². The third kappa shape index (κ3) is 4.19. The second-order valence-corrected chi connectivity index (χ2v) is 8.50. The third-order valence-electron chi connectivity index (χ3n) is 6.23. The molecular weight excluding hydrogens is 472 g/mol. The van der Waals surface area contributed by atoms with E-state index >= 15 is 0 Å². The number of nitrogens with two attached hydrogens (primary N) is 1. The van der Waals surface area contributed by atoms with Crippen LogP contribution in [0.25, 0.3) is 0 Å². The van der Waals surface area contributed by atoms with E-state index in [1.807, 2.05) is 0 Å². The van der Waals surface area contributed by atoms with Crippen molar-refractivity contribution in [2.75, 3.05) is 12.3 Å². The van der Waals surface area contributed by atoms with E-state index in [4.69, 9.17) is 5.73 Å². The molecule has 12 heteroatoms. The Hall–Kier alpha value is -3.96. The Bertz CT molecular complexity index is 1230. The van der Waals surface area contributed by atoms with Crippen LogP contribution in [0.2, 0.25) is 0 Å². The molecule has 35 heavy (non-hydrogen) atoms. The number of halogens is 4. The number of carbonyl (C=O) groups excluding carboxylic acids is 4. The van der Waals surface area contributed by atoms with E-state index in [1.165, 1.54) is 30.3 Å². The van der Waals surface area contributed by atoms with Crippen LogP contribution in [0.4, 0.5) is 28.0 Å². The Kier molecular flexibility index (Phi) is 5.78. The van der Waals surface area contributed by atoms with Crippen molar-refractivity contribution in [3.8, 4) is 0 Å². The summed E-state index contributed by atoms with van der Waals surface area (Å²) in [5, 5.41) is 2.44. The van der Waals surface area contributed by atoms with Crippen LogP contribution in [-0.4, -0.2) is 52.2 Å². The highest BCUT2D eigenvalue weighted by atomic mass is 19.4. The number of hydrogen-bond acceptors (Lipinski definition) is 5. The SMILES string of the molecule is C[C@H](N(Cc1ccc(F)cc1)C(=O)CN1C(=O)NC2(CC(=O)c3cc(N)ccc32)C1=O)C(F)(F)F. The van der Waals surface area contributed by atoms with E-state index in [9.17, 15) is 36.7 Å². The van der Waals surface area contributed by atoms with Crippen LogP contribution in [0.3, 0.4) is 0 Å². The van der Waals surface area contributed by atoms with Gasteiger partial charge in [0, 0.05) is 24.2 Å². The summed E-state index contributed by atoms with van der Waals surface area (Å²) in [5.74, 6) is -3.12. The van der Waals surface area contributed by atoms with E-state index in [0.717, 1.165) is 19.1 Å². The zero-order chi connectivity index (χ0) is 25.7. The molecule has 4 amide bonds. The molecule has 1 saturated heterocycles. The number of imide groups is 1. The first-order valence-electron chi connectivity index (χ1n) is 10.5. The first-order valence-corrected chi connectivity index (χ1v) is 10.5. The topological polar surface area (TPSA) is 113 Å². The quantitative estimate of drug-likeness (QED) is 0.379. The molecule has 4 rings (SSSR count). The highest BCUT2D eigenvalue weighted by Gasteiger charge is 2.58. The average molecular weight is 492 g/mol. The Labute approximate surface area is 196 Å². The highest BCUT2D eigenvalue weighted by molar-refractivity contribution is 6.16. The summed E-state index contributed by atoms with van der Waals surface area (Å²) < 4.78 is 53.7. The summed E-state index contributed by atoms with van der Waals surface area (Å²) in [4.78, 5) is 52.4.